The third-order valence-corrected chi connectivity index (χ3v) is 9.60. The molecular weight excluding hydrogens is 545 g/mol. The Hall–Kier alpha value is -3.61. The molecule has 0 bridgehead atoms. The first kappa shape index (κ1) is 26.0. The fourth-order valence-corrected chi connectivity index (χ4v) is 7.01. The van der Waals surface area contributed by atoms with Crippen molar-refractivity contribution in [2.45, 2.75) is 28.0 Å². The molecule has 0 radical (unpaired) electrons. The zero-order chi connectivity index (χ0) is 26.7. The van der Waals surface area contributed by atoms with Crippen LogP contribution in [0.3, 0.4) is 0 Å². The van der Waals surface area contributed by atoms with Crippen LogP contribution in [0, 0.1) is 6.92 Å². The summed E-state index contributed by atoms with van der Waals surface area (Å²) in [6.45, 7) is 1.66. The molecular formula is C26H24N4O5S3. The molecule has 0 saturated heterocycles. The minimum atomic E-state index is -3.99. The molecule has 1 amide bonds. The van der Waals surface area contributed by atoms with Crippen LogP contribution in [0.25, 0.3) is 0 Å². The molecule has 1 N–H and O–H groups in total. The number of thioether (sulfide) groups is 1. The second kappa shape index (κ2) is 11.0. The number of nitrogens with one attached hydrogen (secondary N) is 1. The number of aromatic nitrogens is 2. The van der Waals surface area contributed by atoms with E-state index in [1.54, 1.807) is 30.3 Å². The van der Waals surface area contributed by atoms with Gasteiger partial charge in [0, 0.05) is 5.75 Å². The number of ether oxygens (including phenoxy) is 2. The topological polar surface area (TPSA) is 111 Å². The lowest BCUT2D eigenvalue weighted by atomic mass is 10.1. The molecule has 9 nitrogen and oxygen atoms in total. The number of nitrogens with zero attached hydrogens (tertiary/aromatic N) is 3. The molecule has 12 heteroatoms. The summed E-state index contributed by atoms with van der Waals surface area (Å²) in [5, 5.41) is 11.3. The van der Waals surface area contributed by atoms with Crippen LogP contribution in [0.4, 0.5) is 10.8 Å². The predicted molar refractivity (Wildman–Crippen MR) is 148 cm³/mol. The summed E-state index contributed by atoms with van der Waals surface area (Å²) >= 11 is 2.77. The second-order valence-corrected chi connectivity index (χ2v) is 12.5. The van der Waals surface area contributed by atoms with E-state index in [1.165, 1.54) is 46.6 Å². The molecule has 1 aromatic heterocycles. The summed E-state index contributed by atoms with van der Waals surface area (Å²) in [5.74, 6) is 1.06. The number of carbonyl (C=O) groups is 1. The van der Waals surface area contributed by atoms with Crippen molar-refractivity contribution >= 4 is 49.8 Å². The summed E-state index contributed by atoms with van der Waals surface area (Å²) in [5.41, 5.74) is 2.39. The van der Waals surface area contributed by atoms with Gasteiger partial charge in [-0.3, -0.25) is 14.4 Å². The van der Waals surface area contributed by atoms with E-state index in [0.29, 0.717) is 26.7 Å². The van der Waals surface area contributed by atoms with E-state index < -0.39 is 22.0 Å². The molecule has 0 spiro atoms. The van der Waals surface area contributed by atoms with Gasteiger partial charge in [0.2, 0.25) is 5.13 Å². The van der Waals surface area contributed by atoms with Crippen LogP contribution in [0.2, 0.25) is 0 Å². The largest absolute Gasteiger partial charge is 0.497 e. The van der Waals surface area contributed by atoms with Crippen LogP contribution in [-0.2, 0) is 20.6 Å². The Morgan fingerprint density at radius 2 is 1.89 bits per heavy atom. The molecule has 5 rings (SSSR count). The van der Waals surface area contributed by atoms with Crippen LogP contribution in [0.5, 0.6) is 11.5 Å². The lowest BCUT2D eigenvalue weighted by Gasteiger charge is -2.34. The molecule has 196 valence electrons. The zero-order valence-corrected chi connectivity index (χ0v) is 23.0. The van der Waals surface area contributed by atoms with Gasteiger partial charge in [0.05, 0.1) is 24.2 Å². The van der Waals surface area contributed by atoms with E-state index in [0.717, 1.165) is 16.9 Å². The molecule has 1 aliphatic heterocycles. The van der Waals surface area contributed by atoms with Crippen molar-refractivity contribution in [3.8, 4) is 11.5 Å². The van der Waals surface area contributed by atoms with E-state index in [1.807, 2.05) is 37.3 Å². The fraction of sp³-hybridized carbons (Fsp3) is 0.192. The number of hydrogen-bond acceptors (Lipinski definition) is 9. The summed E-state index contributed by atoms with van der Waals surface area (Å²) in [6, 6.07) is 21.3. The van der Waals surface area contributed by atoms with Crippen molar-refractivity contribution in [2.75, 3.05) is 23.3 Å². The second-order valence-electron chi connectivity index (χ2n) is 8.43. The number of methoxy groups -OCH3 is 1. The first-order chi connectivity index (χ1) is 18.3. The maximum Gasteiger partial charge on any atom is 0.269 e. The maximum atomic E-state index is 13.6. The van der Waals surface area contributed by atoms with Crippen LogP contribution < -0.4 is 19.1 Å². The quantitative estimate of drug-likeness (QED) is 0.240. The third-order valence-electron chi connectivity index (χ3n) is 5.77. The monoisotopic (exact) mass is 568 g/mol. The first-order valence-corrected chi connectivity index (χ1v) is 14.8. The number of anilines is 2. The highest BCUT2D eigenvalue weighted by atomic mass is 32.2. The number of benzene rings is 3. The molecule has 1 atom stereocenters. The van der Waals surface area contributed by atoms with E-state index in [2.05, 4.69) is 15.5 Å². The van der Waals surface area contributed by atoms with E-state index in [9.17, 15) is 13.2 Å². The van der Waals surface area contributed by atoms with Gasteiger partial charge >= 0.3 is 0 Å². The number of rotatable bonds is 8. The normalized spacial score (nSPS) is 14.9. The Morgan fingerprint density at radius 1 is 1.13 bits per heavy atom. The predicted octanol–water partition coefficient (Wildman–Crippen LogP) is 4.74. The number of aryl methyl sites for hydroxylation is 1. The van der Waals surface area contributed by atoms with E-state index in [-0.39, 0.29) is 11.4 Å². The van der Waals surface area contributed by atoms with E-state index in [4.69, 9.17) is 9.47 Å². The molecule has 38 heavy (non-hydrogen) atoms. The van der Waals surface area contributed by atoms with E-state index >= 15 is 0 Å². The molecule has 3 aromatic carbocycles. The number of fused-ring (bicyclic) bond motifs is 1. The summed E-state index contributed by atoms with van der Waals surface area (Å²) < 4.78 is 40.3. The summed E-state index contributed by atoms with van der Waals surface area (Å²) in [7, 11) is -2.48. The molecule has 4 aromatic rings. The molecule has 0 fully saturated rings. The van der Waals surface area contributed by atoms with Gasteiger partial charge in [0.25, 0.3) is 15.9 Å². The fourth-order valence-electron chi connectivity index (χ4n) is 3.82. The summed E-state index contributed by atoms with van der Waals surface area (Å²) in [4.78, 5) is 13.3. The van der Waals surface area contributed by atoms with Crippen LogP contribution >= 0.6 is 23.1 Å². The average Bonchev–Trinajstić information content (AvgIpc) is 3.38. The lowest BCUT2D eigenvalue weighted by molar-refractivity contribution is -0.122. The highest BCUT2D eigenvalue weighted by Gasteiger charge is 2.38. The highest BCUT2D eigenvalue weighted by Crippen LogP contribution is 2.38. The smallest absolute Gasteiger partial charge is 0.269 e. The Kier molecular flexibility index (Phi) is 7.54. The Morgan fingerprint density at radius 3 is 2.63 bits per heavy atom. The Bertz CT molecular complexity index is 1540. The minimum absolute atomic E-state index is 0.0788. The number of amides is 1. The van der Waals surface area contributed by atoms with Crippen molar-refractivity contribution in [1.82, 2.24) is 10.2 Å². The number of sulfonamides is 1. The maximum absolute atomic E-state index is 13.6. The highest BCUT2D eigenvalue weighted by molar-refractivity contribution is 8.00. The minimum Gasteiger partial charge on any atom is -0.497 e. The van der Waals surface area contributed by atoms with Gasteiger partial charge in [-0.05, 0) is 54.4 Å². The van der Waals surface area contributed by atoms with Crippen molar-refractivity contribution in [3.63, 3.8) is 0 Å². The number of carbonyl (C=O) groups excluding carboxylic acids is 1. The van der Waals surface area contributed by atoms with Crippen LogP contribution in [-0.4, -0.2) is 44.3 Å². The Labute approximate surface area is 228 Å². The first-order valence-electron chi connectivity index (χ1n) is 11.6. The number of hydrogen-bond donors (Lipinski definition) is 1. The van der Waals surface area contributed by atoms with Crippen molar-refractivity contribution in [1.29, 1.82) is 0 Å². The average molecular weight is 569 g/mol. The van der Waals surface area contributed by atoms with Gasteiger partial charge in [0.1, 0.15) is 11.5 Å². The molecule has 0 aliphatic carbocycles. The van der Waals surface area contributed by atoms with Gasteiger partial charge in [-0.25, -0.2) is 8.42 Å². The molecule has 0 unspecified atom stereocenters. The molecule has 2 heterocycles. The van der Waals surface area contributed by atoms with Gasteiger partial charge in [-0.1, -0.05) is 59.5 Å². The van der Waals surface area contributed by atoms with Crippen molar-refractivity contribution in [3.05, 3.63) is 83.9 Å². The lowest BCUT2D eigenvalue weighted by Crippen LogP contribution is -2.48. The van der Waals surface area contributed by atoms with Gasteiger partial charge in [0.15, 0.2) is 10.4 Å². The van der Waals surface area contributed by atoms with Crippen molar-refractivity contribution < 1.29 is 22.7 Å². The molecule has 0 saturated carbocycles. The third kappa shape index (κ3) is 5.62. The molecule has 1 aliphatic rings. The summed E-state index contributed by atoms with van der Waals surface area (Å²) in [6.07, 6.45) is -1.10. The van der Waals surface area contributed by atoms with Crippen LogP contribution in [0.1, 0.15) is 11.1 Å². The Balaban J connectivity index is 1.34. The zero-order valence-electron chi connectivity index (χ0n) is 20.5. The SMILES string of the molecule is COc1ccc(S(=O)(=O)N2C[C@H](C(=O)Nc3nnc(SCc4ccccc4)s3)Oc3cc(C)ccc32)cc1. The van der Waals surface area contributed by atoms with Gasteiger partial charge in [-0.2, -0.15) is 0 Å². The van der Waals surface area contributed by atoms with Gasteiger partial charge < -0.3 is 9.47 Å². The van der Waals surface area contributed by atoms with Gasteiger partial charge in [-0.15, -0.1) is 10.2 Å². The van der Waals surface area contributed by atoms with Crippen LogP contribution in [0.15, 0.2) is 82.0 Å². The standard InChI is InChI=1S/C26H24N4O5S3/c1-17-8-13-21-22(14-17)35-23(15-30(21)38(32,33)20-11-9-19(34-2)10-12-20)24(31)27-25-28-29-26(37-25)36-16-18-6-4-3-5-7-18/h3-14,23H,15-16H2,1-2H3,(H,27,28,31)/t23-/m1/s1. The van der Waals surface area contributed by atoms with Crippen molar-refractivity contribution in [2.24, 2.45) is 0 Å².